The predicted octanol–water partition coefficient (Wildman–Crippen LogP) is 3.88. The largest absolute Gasteiger partial charge is 0.355 e. The number of benzene rings is 1. The first kappa shape index (κ1) is 19.7. The molecule has 0 atom stereocenters. The topological polar surface area (TPSA) is 53.7 Å². The minimum atomic E-state index is -0.267. The number of halogens is 1. The van der Waals surface area contributed by atoms with Gasteiger partial charge in [-0.05, 0) is 48.2 Å². The first-order valence-corrected chi connectivity index (χ1v) is 11.2. The monoisotopic (exact) mass is 435 g/mol. The van der Waals surface area contributed by atoms with Crippen LogP contribution in [0.1, 0.15) is 11.3 Å². The number of rotatable bonds is 4. The van der Waals surface area contributed by atoms with Gasteiger partial charge in [-0.1, -0.05) is 6.07 Å². The summed E-state index contributed by atoms with van der Waals surface area (Å²) in [7, 11) is 0. The van der Waals surface area contributed by atoms with E-state index in [9.17, 15) is 9.18 Å². The number of carbonyl (C=O) groups is 1. The minimum Gasteiger partial charge on any atom is -0.355 e. The third-order valence-corrected chi connectivity index (χ3v) is 6.41. The molecule has 1 aliphatic heterocycles. The Bertz CT molecular complexity index is 1190. The van der Waals surface area contributed by atoms with Crippen molar-refractivity contribution < 1.29 is 9.18 Å². The molecule has 4 heterocycles. The molecule has 1 aromatic carbocycles. The number of hydrogen-bond donors (Lipinski definition) is 0. The summed E-state index contributed by atoms with van der Waals surface area (Å²) in [5.41, 5.74) is 1.61. The second-order valence-electron chi connectivity index (χ2n) is 7.60. The van der Waals surface area contributed by atoms with Gasteiger partial charge in [0.25, 0.3) is 0 Å². The minimum absolute atomic E-state index is 0.185. The van der Waals surface area contributed by atoms with Crippen molar-refractivity contribution in [2.24, 2.45) is 0 Å². The van der Waals surface area contributed by atoms with Crippen LogP contribution in [0.3, 0.4) is 0 Å². The fourth-order valence-corrected chi connectivity index (χ4v) is 4.56. The van der Waals surface area contributed by atoms with Crippen LogP contribution in [0.4, 0.5) is 10.2 Å². The second kappa shape index (κ2) is 8.47. The maximum absolute atomic E-state index is 13.2. The van der Waals surface area contributed by atoms with Gasteiger partial charge < -0.3 is 9.80 Å². The Hall–Kier alpha value is -3.26. The molecule has 31 heavy (non-hydrogen) atoms. The van der Waals surface area contributed by atoms with E-state index in [2.05, 4.69) is 9.88 Å². The summed E-state index contributed by atoms with van der Waals surface area (Å²) in [4.78, 5) is 27.3. The fourth-order valence-electron chi connectivity index (χ4n) is 3.87. The molecule has 3 aromatic heterocycles. The standard InChI is InChI=1S/C23H22FN5OS/c24-18-6-4-17(5-7-18)20-16-29-11-8-21(26-23(29)25-20)27-9-2-10-28(13-12-27)22(30)15-19-3-1-14-31-19/h1,3-8,11,14,16H,2,9-10,12-13,15H2. The molecule has 0 saturated carbocycles. The van der Waals surface area contributed by atoms with Crippen molar-refractivity contribution in [3.05, 3.63) is 70.9 Å². The first-order chi connectivity index (χ1) is 15.2. The molecule has 5 rings (SSSR count). The van der Waals surface area contributed by atoms with Gasteiger partial charge in [0.05, 0.1) is 12.1 Å². The van der Waals surface area contributed by atoms with Gasteiger partial charge in [-0.25, -0.2) is 9.37 Å². The number of aromatic nitrogens is 3. The third kappa shape index (κ3) is 4.29. The molecule has 0 bridgehead atoms. The van der Waals surface area contributed by atoms with Crippen LogP contribution in [-0.2, 0) is 11.2 Å². The molecule has 1 amide bonds. The number of fused-ring (bicyclic) bond motifs is 1. The van der Waals surface area contributed by atoms with E-state index in [1.165, 1.54) is 12.1 Å². The first-order valence-electron chi connectivity index (χ1n) is 10.3. The van der Waals surface area contributed by atoms with E-state index in [0.29, 0.717) is 18.7 Å². The zero-order valence-corrected chi connectivity index (χ0v) is 17.8. The Morgan fingerprint density at radius 1 is 1.03 bits per heavy atom. The summed E-state index contributed by atoms with van der Waals surface area (Å²) >= 11 is 1.62. The number of imidazole rings is 1. The van der Waals surface area contributed by atoms with E-state index >= 15 is 0 Å². The number of hydrogen-bond acceptors (Lipinski definition) is 5. The molecule has 0 spiro atoms. The molecular weight excluding hydrogens is 413 g/mol. The van der Waals surface area contributed by atoms with Crippen molar-refractivity contribution in [2.45, 2.75) is 12.8 Å². The van der Waals surface area contributed by atoms with Gasteiger partial charge in [0, 0.05) is 49.0 Å². The van der Waals surface area contributed by atoms with Crippen LogP contribution < -0.4 is 4.90 Å². The maximum Gasteiger partial charge on any atom is 0.236 e. The van der Waals surface area contributed by atoms with Crippen LogP contribution in [0.25, 0.3) is 17.0 Å². The van der Waals surface area contributed by atoms with Crippen molar-refractivity contribution >= 4 is 28.8 Å². The summed E-state index contributed by atoms with van der Waals surface area (Å²) in [6.07, 6.45) is 5.22. The van der Waals surface area contributed by atoms with E-state index in [4.69, 9.17) is 4.98 Å². The van der Waals surface area contributed by atoms with Gasteiger partial charge in [0.2, 0.25) is 11.7 Å². The summed E-state index contributed by atoms with van der Waals surface area (Å²) < 4.78 is 15.1. The Morgan fingerprint density at radius 2 is 1.90 bits per heavy atom. The summed E-state index contributed by atoms with van der Waals surface area (Å²) in [6.45, 7) is 3.04. The normalized spacial score (nSPS) is 14.7. The van der Waals surface area contributed by atoms with Gasteiger partial charge in [0.1, 0.15) is 11.6 Å². The van der Waals surface area contributed by atoms with Crippen molar-refractivity contribution in [1.82, 2.24) is 19.3 Å². The van der Waals surface area contributed by atoms with Gasteiger partial charge in [-0.3, -0.25) is 9.20 Å². The van der Waals surface area contributed by atoms with Gasteiger partial charge >= 0.3 is 0 Å². The lowest BCUT2D eigenvalue weighted by atomic mass is 10.2. The van der Waals surface area contributed by atoms with Crippen LogP contribution in [0.5, 0.6) is 0 Å². The van der Waals surface area contributed by atoms with Crippen LogP contribution in [0, 0.1) is 5.82 Å². The highest BCUT2D eigenvalue weighted by atomic mass is 32.1. The Morgan fingerprint density at radius 3 is 2.71 bits per heavy atom. The van der Waals surface area contributed by atoms with E-state index in [-0.39, 0.29) is 11.7 Å². The quantitative estimate of drug-likeness (QED) is 0.488. The maximum atomic E-state index is 13.2. The Kier molecular flexibility index (Phi) is 5.38. The molecule has 6 nitrogen and oxygen atoms in total. The molecule has 0 N–H and O–H groups in total. The molecule has 0 radical (unpaired) electrons. The molecule has 1 fully saturated rings. The van der Waals surface area contributed by atoms with Crippen LogP contribution in [0.2, 0.25) is 0 Å². The highest BCUT2D eigenvalue weighted by Crippen LogP contribution is 2.21. The lowest BCUT2D eigenvalue weighted by Crippen LogP contribution is -2.36. The van der Waals surface area contributed by atoms with E-state index in [1.54, 1.807) is 23.5 Å². The zero-order chi connectivity index (χ0) is 21.2. The van der Waals surface area contributed by atoms with Crippen LogP contribution in [-0.4, -0.2) is 51.4 Å². The van der Waals surface area contributed by atoms with Gasteiger partial charge in [-0.15, -0.1) is 11.3 Å². The van der Waals surface area contributed by atoms with Crippen molar-refractivity contribution in [3.8, 4) is 11.3 Å². The molecule has 0 aliphatic carbocycles. The van der Waals surface area contributed by atoms with E-state index in [0.717, 1.165) is 48.0 Å². The molecule has 0 unspecified atom stereocenters. The molecule has 158 valence electrons. The van der Waals surface area contributed by atoms with E-state index < -0.39 is 0 Å². The molecular formula is C23H22FN5OS. The smallest absolute Gasteiger partial charge is 0.236 e. The average molecular weight is 436 g/mol. The predicted molar refractivity (Wildman–Crippen MR) is 120 cm³/mol. The zero-order valence-electron chi connectivity index (χ0n) is 16.9. The average Bonchev–Trinajstić information content (AvgIpc) is 3.37. The molecule has 8 heteroatoms. The van der Waals surface area contributed by atoms with Crippen molar-refractivity contribution in [2.75, 3.05) is 31.1 Å². The van der Waals surface area contributed by atoms with Crippen LogP contribution in [0.15, 0.2) is 60.2 Å². The van der Waals surface area contributed by atoms with Crippen molar-refractivity contribution in [3.63, 3.8) is 0 Å². The Labute approximate surface area is 183 Å². The van der Waals surface area contributed by atoms with Gasteiger partial charge in [-0.2, -0.15) is 4.98 Å². The van der Waals surface area contributed by atoms with Crippen LogP contribution >= 0.6 is 11.3 Å². The molecule has 1 saturated heterocycles. The summed E-state index contributed by atoms with van der Waals surface area (Å²) in [6, 6.07) is 12.3. The van der Waals surface area contributed by atoms with Gasteiger partial charge in [0.15, 0.2) is 0 Å². The SMILES string of the molecule is O=C(Cc1cccs1)N1CCCN(c2ccn3cc(-c4ccc(F)cc4)nc3n2)CC1. The number of thiophene rings is 1. The highest BCUT2D eigenvalue weighted by molar-refractivity contribution is 7.10. The summed E-state index contributed by atoms with van der Waals surface area (Å²) in [5.74, 6) is 1.38. The second-order valence-corrected chi connectivity index (χ2v) is 8.64. The highest BCUT2D eigenvalue weighted by Gasteiger charge is 2.21. The molecule has 4 aromatic rings. The lowest BCUT2D eigenvalue weighted by Gasteiger charge is -2.22. The third-order valence-electron chi connectivity index (χ3n) is 5.53. The number of carbonyl (C=O) groups excluding carboxylic acids is 1. The number of nitrogens with zero attached hydrogens (tertiary/aromatic N) is 5. The lowest BCUT2D eigenvalue weighted by molar-refractivity contribution is -0.130. The number of amides is 1. The molecule has 1 aliphatic rings. The van der Waals surface area contributed by atoms with E-state index in [1.807, 2.05) is 45.3 Å². The summed E-state index contributed by atoms with van der Waals surface area (Å²) in [5, 5.41) is 2.01. The fraction of sp³-hybridized carbons (Fsp3) is 0.261. The number of anilines is 1. The Balaban J connectivity index is 1.30. The van der Waals surface area contributed by atoms with Crippen molar-refractivity contribution in [1.29, 1.82) is 0 Å².